The van der Waals surface area contributed by atoms with Gasteiger partial charge in [-0.05, 0) is 6.92 Å². The fraction of sp³-hybridized carbons (Fsp3) is 0.667. The summed E-state index contributed by atoms with van der Waals surface area (Å²) in [7, 11) is -18.2. The molecule has 0 saturated heterocycles. The van der Waals surface area contributed by atoms with Crippen LogP contribution in [0.5, 0.6) is 0 Å². The minimum Gasteiger partial charge on any atom is -0.351 e. The zero-order chi connectivity index (χ0) is 16.4. The van der Waals surface area contributed by atoms with E-state index in [1.807, 2.05) is 0 Å². The lowest BCUT2D eigenvalue weighted by molar-refractivity contribution is -0.0680. The molecule has 0 aromatic heterocycles. The molecule has 0 aliphatic rings. The van der Waals surface area contributed by atoms with Crippen molar-refractivity contribution in [3.8, 4) is 0 Å². The van der Waals surface area contributed by atoms with Crippen LogP contribution < -0.4 is 0 Å². The van der Waals surface area contributed by atoms with Gasteiger partial charge in [-0.1, -0.05) is 12.2 Å². The molecule has 0 unspecified atom stereocenters. The average molecular weight is 356 g/mol. The summed E-state index contributed by atoms with van der Waals surface area (Å²) in [6, 6.07) is 0. The van der Waals surface area contributed by atoms with Crippen molar-refractivity contribution < 1.29 is 52.5 Å². The Morgan fingerprint density at radius 2 is 1.35 bits per heavy atom. The van der Waals surface area contributed by atoms with E-state index in [2.05, 4.69) is 16.1 Å². The van der Waals surface area contributed by atoms with Crippen LogP contribution >= 0.6 is 22.8 Å². The fourth-order valence-electron chi connectivity index (χ4n) is 1.10. The van der Waals surface area contributed by atoms with E-state index in [1.165, 1.54) is 6.92 Å². The van der Waals surface area contributed by atoms with Gasteiger partial charge in [0.15, 0.2) is 0 Å². The molecule has 0 aliphatic carbocycles. The van der Waals surface area contributed by atoms with E-state index in [4.69, 9.17) is 29.4 Å². The van der Waals surface area contributed by atoms with Gasteiger partial charge in [-0.2, -0.15) is 0 Å². The second-order valence-electron chi connectivity index (χ2n) is 3.77. The largest absolute Gasteiger partial charge is 0.382 e. The van der Waals surface area contributed by atoms with Crippen LogP contribution in [0.1, 0.15) is 6.92 Å². The Kier molecular flexibility index (Phi) is 6.51. The average Bonchev–Trinajstić information content (AvgIpc) is 2.09. The second kappa shape index (κ2) is 6.48. The van der Waals surface area contributed by atoms with E-state index in [-0.39, 0.29) is 6.61 Å². The lowest BCUT2D eigenvalue weighted by Gasteiger charge is -2.33. The Balaban J connectivity index is 5.59. The summed E-state index contributed by atoms with van der Waals surface area (Å²) in [5, 5.41) is 0. The van der Waals surface area contributed by atoms with E-state index in [9.17, 15) is 13.7 Å². The van der Waals surface area contributed by atoms with E-state index < -0.39 is 34.4 Å². The van der Waals surface area contributed by atoms with Crippen molar-refractivity contribution in [3.05, 3.63) is 12.2 Å². The summed E-state index contributed by atoms with van der Waals surface area (Å²) >= 11 is 0. The molecule has 0 atom stereocenters. The van der Waals surface area contributed by atoms with Gasteiger partial charge in [0.25, 0.3) is 0 Å². The highest BCUT2D eigenvalue weighted by atomic mass is 31.3. The van der Waals surface area contributed by atoms with E-state index in [1.54, 1.807) is 0 Å². The van der Waals surface area contributed by atoms with Crippen molar-refractivity contribution in [2.24, 2.45) is 0 Å². The second-order valence-corrected chi connectivity index (χ2v) is 9.99. The third-order valence-electron chi connectivity index (χ3n) is 1.82. The molecule has 20 heavy (non-hydrogen) atoms. The molecule has 0 amide bonds. The van der Waals surface area contributed by atoms with Gasteiger partial charge in [0, 0.05) is 0 Å². The number of hydrogen-bond donors (Lipinski definition) is 6. The van der Waals surface area contributed by atoms with Gasteiger partial charge in [-0.15, -0.1) is 0 Å². The van der Waals surface area contributed by atoms with Crippen LogP contribution in [0.3, 0.4) is 0 Å². The summed E-state index contributed by atoms with van der Waals surface area (Å²) in [4.78, 5) is 49.3. The quantitative estimate of drug-likeness (QED) is 0.145. The first-order chi connectivity index (χ1) is 8.67. The standard InChI is InChI=1S/C6H15O11P3/c1-5(2)3-16-4-17-6(18(7,8)9,19(10,11)12)20(13,14)15/h1,3-4H2,2H3,(H2,7,8,9)(H2,10,11,12)(H2,13,14,15). The third-order valence-corrected chi connectivity index (χ3v) is 9.18. The molecule has 14 heteroatoms. The normalized spacial score (nSPS) is 14.3. The predicted octanol–water partition coefficient (Wildman–Crippen LogP) is -0.302. The van der Waals surface area contributed by atoms with Gasteiger partial charge in [0.05, 0.1) is 6.61 Å². The summed E-state index contributed by atoms with van der Waals surface area (Å²) in [6.45, 7) is 3.52. The van der Waals surface area contributed by atoms with Gasteiger partial charge >= 0.3 is 27.6 Å². The highest BCUT2D eigenvalue weighted by Gasteiger charge is 2.74. The molecule has 0 aliphatic heterocycles. The van der Waals surface area contributed by atoms with Gasteiger partial charge < -0.3 is 38.8 Å². The molecule has 0 spiro atoms. The van der Waals surface area contributed by atoms with Gasteiger partial charge in [-0.25, -0.2) is 0 Å². The zero-order valence-electron chi connectivity index (χ0n) is 10.2. The topological polar surface area (TPSA) is 191 Å². The van der Waals surface area contributed by atoms with Crippen molar-refractivity contribution in [1.82, 2.24) is 0 Å². The van der Waals surface area contributed by atoms with Gasteiger partial charge in [0.1, 0.15) is 6.79 Å². The molecular weight excluding hydrogens is 341 g/mol. The van der Waals surface area contributed by atoms with Crippen LogP contribution in [0.25, 0.3) is 0 Å². The van der Waals surface area contributed by atoms with E-state index >= 15 is 0 Å². The SMILES string of the molecule is C=C(C)COCOC(P(=O)(O)O)(P(=O)(O)O)P(=O)(O)O. The first-order valence-corrected chi connectivity index (χ1v) is 9.53. The van der Waals surface area contributed by atoms with Crippen molar-refractivity contribution in [1.29, 1.82) is 0 Å². The smallest absolute Gasteiger partial charge is 0.351 e. The van der Waals surface area contributed by atoms with Crippen LogP contribution in [0.2, 0.25) is 0 Å². The molecular formula is C6H15O11P3. The lowest BCUT2D eigenvalue weighted by Crippen LogP contribution is -2.33. The lowest BCUT2D eigenvalue weighted by atomic mass is 10.4. The summed E-state index contributed by atoms with van der Waals surface area (Å²) < 4.78 is 42.3. The molecule has 0 saturated carbocycles. The molecule has 6 N–H and O–H groups in total. The van der Waals surface area contributed by atoms with Crippen LogP contribution in [0, 0.1) is 0 Å². The maximum absolute atomic E-state index is 11.2. The van der Waals surface area contributed by atoms with E-state index in [0.717, 1.165) is 0 Å². The maximum Gasteiger partial charge on any atom is 0.382 e. The highest BCUT2D eigenvalue weighted by molar-refractivity contribution is 7.88. The number of rotatable bonds is 8. The van der Waals surface area contributed by atoms with Crippen LogP contribution in [0.4, 0.5) is 0 Å². The molecule has 120 valence electrons. The van der Waals surface area contributed by atoms with E-state index in [0.29, 0.717) is 5.57 Å². The first-order valence-electron chi connectivity index (χ1n) is 4.70. The Morgan fingerprint density at radius 3 is 1.60 bits per heavy atom. The van der Waals surface area contributed by atoms with Gasteiger partial charge in [0.2, 0.25) is 0 Å². The summed E-state index contributed by atoms with van der Waals surface area (Å²) in [6.07, 6.45) is 0. The van der Waals surface area contributed by atoms with Crippen LogP contribution in [-0.2, 0) is 23.2 Å². The molecule has 11 nitrogen and oxygen atoms in total. The van der Waals surface area contributed by atoms with Gasteiger partial charge in [-0.3, -0.25) is 13.7 Å². The summed E-state index contributed by atoms with van der Waals surface area (Å²) in [5.41, 5.74) is 0.433. The Bertz CT molecular complexity index is 439. The minimum absolute atomic E-state index is 0.209. The first kappa shape index (κ1) is 20.1. The molecule has 0 bridgehead atoms. The fourth-order valence-corrected chi connectivity index (χ4v) is 5.83. The number of ether oxygens (including phenoxy) is 2. The maximum atomic E-state index is 11.2. The number of hydrogen-bond acceptors (Lipinski definition) is 5. The minimum atomic E-state index is -6.06. The van der Waals surface area contributed by atoms with Crippen molar-refractivity contribution in [3.63, 3.8) is 0 Å². The molecule has 0 rings (SSSR count). The highest BCUT2D eigenvalue weighted by Crippen LogP contribution is 2.83. The molecule has 0 heterocycles. The monoisotopic (exact) mass is 356 g/mol. The third kappa shape index (κ3) is 4.30. The molecule has 0 fully saturated rings. The molecule has 0 radical (unpaired) electrons. The Labute approximate surface area is 113 Å². The van der Waals surface area contributed by atoms with Crippen molar-refractivity contribution >= 4 is 22.8 Å². The molecule has 0 aromatic carbocycles. The Morgan fingerprint density at radius 1 is 1.00 bits per heavy atom. The zero-order valence-corrected chi connectivity index (χ0v) is 12.9. The van der Waals surface area contributed by atoms with Crippen LogP contribution in [-0.4, -0.2) is 47.6 Å². The van der Waals surface area contributed by atoms with Crippen molar-refractivity contribution in [2.75, 3.05) is 13.4 Å². The molecule has 0 aromatic rings. The Hall–Kier alpha value is 0.110. The van der Waals surface area contributed by atoms with Crippen molar-refractivity contribution in [2.45, 2.75) is 11.7 Å². The van der Waals surface area contributed by atoms with Crippen LogP contribution in [0.15, 0.2) is 12.2 Å². The predicted molar refractivity (Wildman–Crippen MR) is 65.6 cm³/mol. The summed E-state index contributed by atoms with van der Waals surface area (Å²) in [5.74, 6) is 0.